The standard InChI is InChI=1S/C15H21N5O/c1-9(2)16-8-12-10(3)17-15(18-11(12)4)13-6-7-14(21-5)20-19-13/h6-7,9,16H,8H2,1-5H3. The molecular weight excluding hydrogens is 266 g/mol. The maximum absolute atomic E-state index is 5.00. The SMILES string of the molecule is COc1ccc(-c2nc(C)c(CNC(C)C)c(C)n2)nn1. The number of aromatic nitrogens is 4. The Balaban J connectivity index is 2.29. The summed E-state index contributed by atoms with van der Waals surface area (Å²) in [6, 6.07) is 3.99. The molecule has 1 N–H and O–H groups in total. The Labute approximate surface area is 125 Å². The van der Waals surface area contributed by atoms with Crippen molar-refractivity contribution in [2.75, 3.05) is 7.11 Å². The molecule has 2 aromatic heterocycles. The Kier molecular flexibility index (Phi) is 4.80. The van der Waals surface area contributed by atoms with Gasteiger partial charge in [-0.05, 0) is 19.9 Å². The van der Waals surface area contributed by atoms with Crippen LogP contribution in [0.2, 0.25) is 0 Å². The Bertz CT molecular complexity index is 587. The fraction of sp³-hybridized carbons (Fsp3) is 0.467. The van der Waals surface area contributed by atoms with Crippen LogP contribution in [0.3, 0.4) is 0 Å². The summed E-state index contributed by atoms with van der Waals surface area (Å²) in [5, 5.41) is 11.4. The van der Waals surface area contributed by atoms with E-state index in [4.69, 9.17) is 4.74 Å². The van der Waals surface area contributed by atoms with Gasteiger partial charge in [0.05, 0.1) is 7.11 Å². The molecule has 6 heteroatoms. The average Bonchev–Trinajstić information content (AvgIpc) is 2.46. The minimum atomic E-state index is 0.427. The van der Waals surface area contributed by atoms with E-state index in [1.165, 1.54) is 0 Å². The number of nitrogens with one attached hydrogen (secondary N) is 1. The van der Waals surface area contributed by atoms with Gasteiger partial charge in [0.15, 0.2) is 5.82 Å². The molecule has 0 fully saturated rings. The van der Waals surface area contributed by atoms with E-state index in [9.17, 15) is 0 Å². The zero-order valence-electron chi connectivity index (χ0n) is 13.1. The molecule has 0 saturated heterocycles. The van der Waals surface area contributed by atoms with Gasteiger partial charge in [0.25, 0.3) is 0 Å². The van der Waals surface area contributed by atoms with Crippen LogP contribution in [0.5, 0.6) is 5.88 Å². The number of aryl methyl sites for hydroxylation is 2. The van der Waals surface area contributed by atoms with Gasteiger partial charge in [0.2, 0.25) is 5.88 Å². The lowest BCUT2D eigenvalue weighted by Crippen LogP contribution is -2.23. The highest BCUT2D eigenvalue weighted by Gasteiger charge is 2.11. The van der Waals surface area contributed by atoms with Crippen molar-refractivity contribution in [2.24, 2.45) is 0 Å². The van der Waals surface area contributed by atoms with Crippen LogP contribution in [0.1, 0.15) is 30.8 Å². The van der Waals surface area contributed by atoms with Gasteiger partial charge in [-0.1, -0.05) is 13.8 Å². The first kappa shape index (κ1) is 15.3. The molecule has 2 aromatic rings. The molecule has 112 valence electrons. The third-order valence-corrected chi connectivity index (χ3v) is 3.19. The average molecular weight is 287 g/mol. The second-order valence-electron chi connectivity index (χ2n) is 5.19. The van der Waals surface area contributed by atoms with Crippen LogP contribution >= 0.6 is 0 Å². The van der Waals surface area contributed by atoms with Crippen molar-refractivity contribution >= 4 is 0 Å². The van der Waals surface area contributed by atoms with Gasteiger partial charge in [-0.25, -0.2) is 9.97 Å². The van der Waals surface area contributed by atoms with Crippen molar-refractivity contribution in [1.82, 2.24) is 25.5 Å². The van der Waals surface area contributed by atoms with E-state index in [1.807, 2.05) is 19.9 Å². The van der Waals surface area contributed by atoms with Gasteiger partial charge >= 0.3 is 0 Å². The van der Waals surface area contributed by atoms with Crippen LogP contribution in [-0.2, 0) is 6.54 Å². The minimum absolute atomic E-state index is 0.427. The molecule has 0 bridgehead atoms. The third-order valence-electron chi connectivity index (χ3n) is 3.19. The van der Waals surface area contributed by atoms with Gasteiger partial charge in [0.1, 0.15) is 5.69 Å². The van der Waals surface area contributed by atoms with Gasteiger partial charge < -0.3 is 10.1 Å². The lowest BCUT2D eigenvalue weighted by molar-refractivity contribution is 0.392. The molecule has 0 spiro atoms. The summed E-state index contributed by atoms with van der Waals surface area (Å²) < 4.78 is 5.00. The third kappa shape index (κ3) is 3.72. The molecule has 6 nitrogen and oxygen atoms in total. The van der Waals surface area contributed by atoms with E-state index in [0.717, 1.165) is 23.5 Å². The fourth-order valence-electron chi connectivity index (χ4n) is 1.96. The van der Waals surface area contributed by atoms with Crippen LogP contribution < -0.4 is 10.1 Å². The molecule has 0 atom stereocenters. The van der Waals surface area contributed by atoms with Gasteiger partial charge in [0, 0.05) is 35.6 Å². The number of hydrogen-bond donors (Lipinski definition) is 1. The Hall–Kier alpha value is -2.08. The Morgan fingerprint density at radius 2 is 1.76 bits per heavy atom. The van der Waals surface area contributed by atoms with Crippen LogP contribution in [0.4, 0.5) is 0 Å². The fourth-order valence-corrected chi connectivity index (χ4v) is 1.96. The normalized spacial score (nSPS) is 11.0. The van der Waals surface area contributed by atoms with Crippen molar-refractivity contribution in [3.05, 3.63) is 29.1 Å². The number of hydrogen-bond acceptors (Lipinski definition) is 6. The quantitative estimate of drug-likeness (QED) is 0.907. The smallest absolute Gasteiger partial charge is 0.233 e. The second-order valence-corrected chi connectivity index (χ2v) is 5.19. The molecule has 0 saturated carbocycles. The summed E-state index contributed by atoms with van der Waals surface area (Å²) in [6.45, 7) is 8.99. The highest BCUT2D eigenvalue weighted by molar-refractivity contribution is 5.50. The Morgan fingerprint density at radius 1 is 1.10 bits per heavy atom. The number of nitrogens with zero attached hydrogens (tertiary/aromatic N) is 4. The van der Waals surface area contributed by atoms with E-state index in [1.54, 1.807) is 13.2 Å². The van der Waals surface area contributed by atoms with E-state index >= 15 is 0 Å². The molecule has 21 heavy (non-hydrogen) atoms. The minimum Gasteiger partial charge on any atom is -0.480 e. The molecular formula is C15H21N5O. The van der Waals surface area contributed by atoms with Crippen LogP contribution in [0, 0.1) is 13.8 Å². The van der Waals surface area contributed by atoms with Crippen molar-refractivity contribution in [3.8, 4) is 17.4 Å². The molecule has 2 heterocycles. The maximum Gasteiger partial charge on any atom is 0.233 e. The molecule has 0 aliphatic heterocycles. The zero-order chi connectivity index (χ0) is 15.4. The van der Waals surface area contributed by atoms with E-state index in [0.29, 0.717) is 23.4 Å². The summed E-state index contributed by atoms with van der Waals surface area (Å²) >= 11 is 0. The van der Waals surface area contributed by atoms with Crippen LogP contribution in [0.25, 0.3) is 11.5 Å². The van der Waals surface area contributed by atoms with Gasteiger partial charge in [-0.15, -0.1) is 10.2 Å². The predicted octanol–water partition coefficient (Wildman–Crippen LogP) is 2.06. The lowest BCUT2D eigenvalue weighted by atomic mass is 10.1. The van der Waals surface area contributed by atoms with E-state index in [2.05, 4.69) is 39.3 Å². The van der Waals surface area contributed by atoms with Crippen molar-refractivity contribution in [2.45, 2.75) is 40.3 Å². The van der Waals surface area contributed by atoms with Crippen molar-refractivity contribution in [1.29, 1.82) is 0 Å². The zero-order valence-corrected chi connectivity index (χ0v) is 13.1. The second kappa shape index (κ2) is 6.58. The van der Waals surface area contributed by atoms with Crippen molar-refractivity contribution < 1.29 is 4.74 Å². The summed E-state index contributed by atoms with van der Waals surface area (Å²) in [5.74, 6) is 1.07. The van der Waals surface area contributed by atoms with Crippen molar-refractivity contribution in [3.63, 3.8) is 0 Å². The summed E-state index contributed by atoms with van der Waals surface area (Å²) in [6.07, 6.45) is 0. The highest BCUT2D eigenvalue weighted by atomic mass is 16.5. The summed E-state index contributed by atoms with van der Waals surface area (Å²) in [5.41, 5.74) is 3.70. The van der Waals surface area contributed by atoms with E-state index < -0.39 is 0 Å². The molecule has 0 aliphatic rings. The first-order valence-corrected chi connectivity index (χ1v) is 6.97. The topological polar surface area (TPSA) is 72.8 Å². The summed E-state index contributed by atoms with van der Waals surface area (Å²) in [7, 11) is 1.56. The first-order chi connectivity index (χ1) is 10.0. The molecule has 0 aromatic carbocycles. The van der Waals surface area contributed by atoms with Gasteiger partial charge in [-0.3, -0.25) is 0 Å². The monoisotopic (exact) mass is 287 g/mol. The molecule has 0 unspecified atom stereocenters. The van der Waals surface area contributed by atoms with Crippen LogP contribution in [-0.4, -0.2) is 33.3 Å². The summed E-state index contributed by atoms with van der Waals surface area (Å²) in [4.78, 5) is 9.09. The lowest BCUT2D eigenvalue weighted by Gasteiger charge is -2.13. The predicted molar refractivity (Wildman–Crippen MR) is 81.1 cm³/mol. The number of ether oxygens (including phenoxy) is 1. The van der Waals surface area contributed by atoms with Crippen LogP contribution in [0.15, 0.2) is 12.1 Å². The molecule has 0 aliphatic carbocycles. The van der Waals surface area contributed by atoms with E-state index in [-0.39, 0.29) is 0 Å². The molecule has 2 rings (SSSR count). The number of rotatable bonds is 5. The number of methoxy groups -OCH3 is 1. The molecule has 0 amide bonds. The maximum atomic E-state index is 5.00. The van der Waals surface area contributed by atoms with Gasteiger partial charge in [-0.2, -0.15) is 0 Å². The Morgan fingerprint density at radius 3 is 2.24 bits per heavy atom. The first-order valence-electron chi connectivity index (χ1n) is 6.97. The highest BCUT2D eigenvalue weighted by Crippen LogP contribution is 2.18. The largest absolute Gasteiger partial charge is 0.480 e. The molecule has 0 radical (unpaired) electrons.